The molecule has 0 aliphatic carbocycles. The number of ether oxygens (including phenoxy) is 2. The lowest BCUT2D eigenvalue weighted by atomic mass is 10.1. The number of hydrogen-bond donors (Lipinski definition) is 7. The van der Waals surface area contributed by atoms with Crippen LogP contribution in [0.4, 0.5) is 35.0 Å². The number of nitrogens with two attached hydrogens (primary N) is 1. The Balaban J connectivity index is 0.000000151. The highest BCUT2D eigenvalue weighted by atomic mass is 35.5. The molecule has 12 aromatic rings. The number of halogens is 4. The highest BCUT2D eigenvalue weighted by Crippen LogP contribution is 2.30. The molecule has 2 atom stereocenters. The summed E-state index contributed by atoms with van der Waals surface area (Å²) in [6.07, 6.45) is 19.8. The van der Waals surface area contributed by atoms with E-state index in [1.165, 1.54) is 47.5 Å². The maximum atomic E-state index is 11.8. The summed E-state index contributed by atoms with van der Waals surface area (Å²) < 4.78 is 20.7. The number of aliphatic hydroxyl groups is 2. The van der Waals surface area contributed by atoms with Gasteiger partial charge in [0.05, 0.1) is 68.8 Å². The van der Waals surface area contributed by atoms with Crippen LogP contribution >= 0.6 is 47.2 Å². The van der Waals surface area contributed by atoms with Gasteiger partial charge in [-0.2, -0.15) is 9.97 Å². The second kappa shape index (κ2) is 31.6. The minimum atomic E-state index is -0.213. The fourth-order valence-corrected chi connectivity index (χ4v) is 10.8. The molecule has 0 radical (unpaired) electrons. The number of hydrogen-bond acceptors (Lipinski definition) is 22. The molecule has 0 saturated carbocycles. The van der Waals surface area contributed by atoms with Gasteiger partial charge in [0.2, 0.25) is 16.5 Å². The van der Waals surface area contributed by atoms with Crippen LogP contribution in [0.5, 0.6) is 17.2 Å². The summed E-state index contributed by atoms with van der Waals surface area (Å²) in [6, 6.07) is 27.1. The summed E-state index contributed by atoms with van der Waals surface area (Å²) >= 11 is 17.3. The topological polar surface area (TPSA) is 340 Å². The first-order chi connectivity index (χ1) is 45.4. The summed E-state index contributed by atoms with van der Waals surface area (Å²) in [7, 11) is 3.08. The zero-order valence-electron chi connectivity index (χ0n) is 51.8. The molecule has 2 fully saturated rings. The number of carbonyl (C=O) groups excluding carboxylic acids is 3. The average molecular weight is 1370 g/mol. The molecule has 0 unspecified atom stereocenters. The number of aromatic nitrogens is 15. The van der Waals surface area contributed by atoms with Crippen molar-refractivity contribution in [3.8, 4) is 34.3 Å². The number of phenols is 1. The SMILES string of the molecule is CC(=O)c1cc(-n2cnc(Nc3nc(N4CCC[C@H]4CO)nn4cccc34)c2)ccc1O.COc1ccc(-n2cnc(N)c2)cc1C(C)=O.COc1ccc(-n2cnc(Nc3nc(Cl)nn4cccc34)c2)cc1C(C)=O.Cl.Clc1nc(Cl)c2cccn2n1.OC[C@@H]1CCCN1. The van der Waals surface area contributed by atoms with Crippen LogP contribution in [0.25, 0.3) is 33.6 Å². The smallest absolute Gasteiger partial charge is 0.245 e. The van der Waals surface area contributed by atoms with Crippen LogP contribution in [0.3, 0.4) is 0 Å². The lowest BCUT2D eigenvalue weighted by Gasteiger charge is -2.23. The summed E-state index contributed by atoms with van der Waals surface area (Å²) in [4.78, 5) is 62.5. The molecular weight excluding hydrogens is 1310 g/mol. The van der Waals surface area contributed by atoms with E-state index in [0.29, 0.717) is 81.2 Å². The second-order valence-electron chi connectivity index (χ2n) is 21.3. The first-order valence-corrected chi connectivity index (χ1v) is 30.4. The van der Waals surface area contributed by atoms with Crippen molar-refractivity contribution in [2.24, 2.45) is 0 Å². The number of Topliss-reactive ketones (excluding diaryl/α,β-unsaturated/α-hetero) is 3. The number of rotatable bonds is 15. The molecule has 494 valence electrons. The van der Waals surface area contributed by atoms with Crippen molar-refractivity contribution in [2.75, 3.05) is 61.8 Å². The van der Waals surface area contributed by atoms with Crippen LogP contribution in [0.1, 0.15) is 77.5 Å². The van der Waals surface area contributed by atoms with Gasteiger partial charge in [-0.1, -0.05) is 11.6 Å². The zero-order valence-corrected chi connectivity index (χ0v) is 54.9. The molecule has 95 heavy (non-hydrogen) atoms. The molecule has 3 aromatic carbocycles. The molecule has 0 spiro atoms. The highest BCUT2D eigenvalue weighted by Gasteiger charge is 2.27. The summed E-state index contributed by atoms with van der Waals surface area (Å²) in [6.45, 7) is 6.68. The van der Waals surface area contributed by atoms with Gasteiger partial charge >= 0.3 is 0 Å². The number of nitrogens with one attached hydrogen (secondary N) is 3. The number of carbonyl (C=O) groups is 3. The van der Waals surface area contributed by atoms with Crippen molar-refractivity contribution < 1.29 is 39.2 Å². The minimum absolute atomic E-state index is 0. The van der Waals surface area contributed by atoms with Crippen LogP contribution in [-0.4, -0.2) is 158 Å². The maximum absolute atomic E-state index is 11.8. The van der Waals surface area contributed by atoms with E-state index in [1.54, 1.807) is 114 Å². The van der Waals surface area contributed by atoms with Crippen molar-refractivity contribution in [2.45, 2.75) is 58.5 Å². The Morgan fingerprint density at radius 1 is 0.611 bits per heavy atom. The zero-order chi connectivity index (χ0) is 66.6. The number of imidazole rings is 3. The van der Waals surface area contributed by atoms with E-state index in [4.69, 9.17) is 60.1 Å². The molecule has 14 rings (SSSR count). The Morgan fingerprint density at radius 2 is 1.11 bits per heavy atom. The maximum Gasteiger partial charge on any atom is 0.245 e. The van der Waals surface area contributed by atoms with E-state index in [9.17, 15) is 24.6 Å². The lowest BCUT2D eigenvalue weighted by Crippen LogP contribution is -2.34. The molecule has 32 heteroatoms. The highest BCUT2D eigenvalue weighted by molar-refractivity contribution is 6.34. The molecule has 11 heterocycles. The van der Waals surface area contributed by atoms with E-state index < -0.39 is 0 Å². The molecule has 2 saturated heterocycles. The number of methoxy groups -OCH3 is 2. The van der Waals surface area contributed by atoms with Crippen LogP contribution in [0.2, 0.25) is 15.7 Å². The Morgan fingerprint density at radius 3 is 1.60 bits per heavy atom. The van der Waals surface area contributed by atoms with E-state index in [-0.39, 0.29) is 64.3 Å². The molecule has 8 N–H and O–H groups in total. The van der Waals surface area contributed by atoms with Crippen molar-refractivity contribution in [3.63, 3.8) is 0 Å². The van der Waals surface area contributed by atoms with E-state index in [1.807, 2.05) is 59.6 Å². The van der Waals surface area contributed by atoms with Crippen LogP contribution in [-0.2, 0) is 0 Å². The first-order valence-electron chi connectivity index (χ1n) is 29.3. The van der Waals surface area contributed by atoms with E-state index >= 15 is 0 Å². The van der Waals surface area contributed by atoms with Crippen molar-refractivity contribution in [3.05, 3.63) is 180 Å². The Hall–Kier alpha value is -10.2. The van der Waals surface area contributed by atoms with Gasteiger partial charge in [-0.05, 0) is 167 Å². The van der Waals surface area contributed by atoms with Gasteiger partial charge in [0, 0.05) is 48.2 Å². The van der Waals surface area contributed by atoms with Crippen molar-refractivity contribution in [1.29, 1.82) is 0 Å². The molecule has 2 aliphatic rings. The molecule has 0 bridgehead atoms. The number of fused-ring (bicyclic) bond motifs is 3. The number of phenolic OH excluding ortho intramolecular Hbond substituents is 1. The molecule has 0 amide bonds. The monoisotopic (exact) mass is 1370 g/mol. The van der Waals surface area contributed by atoms with Crippen LogP contribution in [0, 0.1) is 0 Å². The largest absolute Gasteiger partial charge is 0.507 e. The number of nitrogens with zero attached hydrogens (tertiary/aromatic N) is 16. The fraction of sp³-hybridized carbons (Fsp3) is 0.238. The normalized spacial score (nSPS) is 13.9. The molecule has 9 aromatic heterocycles. The predicted octanol–water partition coefficient (Wildman–Crippen LogP) is 9.91. The minimum Gasteiger partial charge on any atom is -0.507 e. The number of benzene rings is 3. The Bertz CT molecular complexity index is 4640. The number of nitrogen functional groups attached to an aromatic ring is 1. The molecular formula is C63H66Cl4N20O8. The third kappa shape index (κ3) is 16.8. The Labute approximate surface area is 564 Å². The number of aromatic hydroxyl groups is 1. The van der Waals surface area contributed by atoms with E-state index in [0.717, 1.165) is 60.3 Å². The first kappa shape index (κ1) is 69.1. The average Bonchev–Trinajstić information content (AvgIpc) is 1.71. The second-order valence-corrected chi connectivity index (χ2v) is 22.3. The summed E-state index contributed by atoms with van der Waals surface area (Å²) in [5.74, 6) is 4.00. The van der Waals surface area contributed by atoms with Gasteiger partial charge in [-0.3, -0.25) is 14.4 Å². The molecule has 2 aliphatic heterocycles. The van der Waals surface area contributed by atoms with Gasteiger partial charge in [0.1, 0.15) is 70.2 Å². The third-order valence-corrected chi connectivity index (χ3v) is 15.5. The van der Waals surface area contributed by atoms with Gasteiger partial charge in [0.15, 0.2) is 34.1 Å². The molecule has 28 nitrogen and oxygen atoms in total. The number of ketones is 3. The van der Waals surface area contributed by atoms with E-state index in [2.05, 4.69) is 56.2 Å². The predicted molar refractivity (Wildman–Crippen MR) is 363 cm³/mol. The number of aliphatic hydroxyl groups excluding tert-OH is 2. The Kier molecular flexibility index (Phi) is 23.0. The third-order valence-electron chi connectivity index (χ3n) is 14.9. The fourth-order valence-electron chi connectivity index (χ4n) is 10.2. The van der Waals surface area contributed by atoms with Crippen LogP contribution in [0.15, 0.2) is 147 Å². The van der Waals surface area contributed by atoms with Crippen molar-refractivity contribution >= 4 is 116 Å². The van der Waals surface area contributed by atoms with Crippen LogP contribution < -0.4 is 36.1 Å². The summed E-state index contributed by atoms with van der Waals surface area (Å²) in [5, 5.41) is 50.9. The summed E-state index contributed by atoms with van der Waals surface area (Å²) in [5.41, 5.74) is 11.5. The number of anilines is 6. The van der Waals surface area contributed by atoms with Gasteiger partial charge in [-0.25, -0.2) is 33.5 Å². The quantitative estimate of drug-likeness (QED) is 0.0469. The standard InChI is InChI=1S/C22H23N7O3.C18H15ClN6O2.C12H13N3O2.C6H3Cl2N3.C5H11NO.ClH/c1-14(31)17-10-15(6-7-19(17)32)27-11-20(23-13-27)24-21-18-5-3-9-29(18)26-22(25-21)28-8-2-4-16(28)12-30;1-11(26)13-8-12(5-6-15(13)27-2)24-9-16(20-10-24)21-17-14-4-3-7-25(14)23-18(19)22-17;1-8(16)10-5-9(3-4-11(10)17-2)15-6-12(13)14-7-15;7-5-4-2-1-3-11(4)10-6(8)9-5;7-4-5-2-1-3-6-5;/h3,5-7,9-11,13,16,30,32H,2,4,8,12H2,1H3,(H,24,25,26);3-10H,1-2H3,(H,21,22,23);3-7H,13H2,1-2H3;1-3H;5-7H,1-4H2;1H/t16-;;;;5-;/m0...0./s1. The van der Waals surface area contributed by atoms with Gasteiger partial charge in [-0.15, -0.1) is 27.7 Å². The van der Waals surface area contributed by atoms with Gasteiger partial charge < -0.3 is 65.1 Å². The lowest BCUT2D eigenvalue weighted by molar-refractivity contribution is 0.100. The van der Waals surface area contributed by atoms with Crippen molar-refractivity contribution in [1.82, 2.24) is 77.8 Å². The van der Waals surface area contributed by atoms with Gasteiger partial charge in [0.25, 0.3) is 0 Å².